The minimum Gasteiger partial charge on any atom is -0.350 e. The first-order chi connectivity index (χ1) is 12.5. The number of amides is 2. The SMILES string of the molecule is C/C(CC(=O)NC12CC3CC(CC(C3)C1)C2)=N\NC(=O)c1ccncc1. The zero-order valence-corrected chi connectivity index (χ0v) is 15.2. The number of rotatable bonds is 5. The molecule has 0 aliphatic heterocycles. The smallest absolute Gasteiger partial charge is 0.271 e. The lowest BCUT2D eigenvalue weighted by Gasteiger charge is -2.56. The third-order valence-corrected chi connectivity index (χ3v) is 6.15. The monoisotopic (exact) mass is 354 g/mol. The quantitative estimate of drug-likeness (QED) is 0.630. The first kappa shape index (κ1) is 17.2. The Morgan fingerprint density at radius 2 is 1.69 bits per heavy atom. The molecule has 4 aliphatic carbocycles. The second-order valence-corrected chi connectivity index (χ2v) is 8.45. The standard InChI is InChI=1S/C20H26N4O2/c1-13(23-24-19(26)17-2-4-21-5-3-17)6-18(25)22-20-10-14-7-15(11-20)9-16(8-14)12-20/h2-5,14-16H,6-12H2,1H3,(H,22,25)(H,24,26)/b23-13+. The van der Waals surface area contributed by atoms with E-state index in [4.69, 9.17) is 0 Å². The highest BCUT2D eigenvalue weighted by Gasteiger charge is 2.51. The molecule has 138 valence electrons. The van der Waals surface area contributed by atoms with Crippen LogP contribution in [-0.2, 0) is 4.79 Å². The first-order valence-electron chi connectivity index (χ1n) is 9.56. The van der Waals surface area contributed by atoms with E-state index in [9.17, 15) is 9.59 Å². The Hall–Kier alpha value is -2.24. The summed E-state index contributed by atoms with van der Waals surface area (Å²) in [5.41, 5.74) is 3.63. The van der Waals surface area contributed by atoms with Crippen molar-refractivity contribution in [2.24, 2.45) is 22.9 Å². The van der Waals surface area contributed by atoms with Crippen molar-refractivity contribution in [1.82, 2.24) is 15.7 Å². The highest BCUT2D eigenvalue weighted by Crippen LogP contribution is 2.55. The van der Waals surface area contributed by atoms with Crippen LogP contribution in [0.2, 0.25) is 0 Å². The molecule has 1 aromatic heterocycles. The molecule has 4 saturated carbocycles. The topological polar surface area (TPSA) is 83.5 Å². The minimum absolute atomic E-state index is 0.0198. The maximum Gasteiger partial charge on any atom is 0.271 e. The third-order valence-electron chi connectivity index (χ3n) is 6.15. The fourth-order valence-electron chi connectivity index (χ4n) is 5.59. The summed E-state index contributed by atoms with van der Waals surface area (Å²) in [4.78, 5) is 28.4. The van der Waals surface area contributed by atoms with Gasteiger partial charge in [0.05, 0.1) is 6.42 Å². The van der Waals surface area contributed by atoms with Crippen molar-refractivity contribution < 1.29 is 9.59 Å². The minimum atomic E-state index is -0.298. The molecule has 4 fully saturated rings. The zero-order chi connectivity index (χ0) is 18.1. The lowest BCUT2D eigenvalue weighted by molar-refractivity contribution is -0.125. The fourth-order valence-corrected chi connectivity index (χ4v) is 5.59. The van der Waals surface area contributed by atoms with Gasteiger partial charge in [0.15, 0.2) is 0 Å². The van der Waals surface area contributed by atoms with Gasteiger partial charge in [-0.05, 0) is 75.3 Å². The average Bonchev–Trinajstić information content (AvgIpc) is 2.58. The van der Waals surface area contributed by atoms with Crippen LogP contribution >= 0.6 is 0 Å². The molecule has 0 spiro atoms. The molecule has 0 unspecified atom stereocenters. The van der Waals surface area contributed by atoms with E-state index in [0.29, 0.717) is 11.3 Å². The molecule has 26 heavy (non-hydrogen) atoms. The fraction of sp³-hybridized carbons (Fsp3) is 0.600. The Labute approximate surface area is 153 Å². The van der Waals surface area contributed by atoms with Crippen LogP contribution in [0.5, 0.6) is 0 Å². The normalized spacial score (nSPS) is 32.3. The molecule has 1 heterocycles. The van der Waals surface area contributed by atoms with Gasteiger partial charge < -0.3 is 5.32 Å². The van der Waals surface area contributed by atoms with Crippen LogP contribution in [0.3, 0.4) is 0 Å². The molecule has 4 bridgehead atoms. The molecule has 2 amide bonds. The van der Waals surface area contributed by atoms with Crippen molar-refractivity contribution in [3.8, 4) is 0 Å². The van der Waals surface area contributed by atoms with Gasteiger partial charge in [-0.15, -0.1) is 0 Å². The van der Waals surface area contributed by atoms with E-state index < -0.39 is 0 Å². The summed E-state index contributed by atoms with van der Waals surface area (Å²) in [5, 5.41) is 7.40. The summed E-state index contributed by atoms with van der Waals surface area (Å²) in [6, 6.07) is 3.25. The maximum absolute atomic E-state index is 12.5. The lowest BCUT2D eigenvalue weighted by Crippen LogP contribution is -2.60. The van der Waals surface area contributed by atoms with Crippen molar-refractivity contribution in [2.75, 3.05) is 0 Å². The van der Waals surface area contributed by atoms with Crippen LogP contribution in [0.25, 0.3) is 0 Å². The molecule has 1 aromatic rings. The Bertz CT molecular complexity index is 693. The van der Waals surface area contributed by atoms with E-state index in [0.717, 1.165) is 37.0 Å². The molecule has 4 aliphatic rings. The van der Waals surface area contributed by atoms with Gasteiger partial charge in [-0.1, -0.05) is 0 Å². The van der Waals surface area contributed by atoms with Gasteiger partial charge in [-0.25, -0.2) is 5.43 Å². The highest BCUT2D eigenvalue weighted by atomic mass is 16.2. The summed E-state index contributed by atoms with van der Waals surface area (Å²) in [6.07, 6.45) is 10.8. The number of hydrogen-bond acceptors (Lipinski definition) is 4. The van der Waals surface area contributed by atoms with Crippen molar-refractivity contribution in [1.29, 1.82) is 0 Å². The largest absolute Gasteiger partial charge is 0.350 e. The van der Waals surface area contributed by atoms with Crippen LogP contribution in [0.4, 0.5) is 0 Å². The summed E-state index contributed by atoms with van der Waals surface area (Å²) < 4.78 is 0. The second-order valence-electron chi connectivity index (χ2n) is 8.45. The van der Waals surface area contributed by atoms with Crippen molar-refractivity contribution in [3.63, 3.8) is 0 Å². The molecule has 6 heteroatoms. The van der Waals surface area contributed by atoms with E-state index in [1.54, 1.807) is 31.5 Å². The number of carbonyl (C=O) groups is 2. The molecule has 2 N–H and O–H groups in total. The number of aromatic nitrogens is 1. The molecular formula is C20H26N4O2. The molecule has 0 radical (unpaired) electrons. The van der Waals surface area contributed by atoms with Gasteiger partial charge in [-0.3, -0.25) is 14.6 Å². The number of nitrogens with zero attached hydrogens (tertiary/aromatic N) is 2. The Kier molecular flexibility index (Phi) is 4.51. The van der Waals surface area contributed by atoms with E-state index >= 15 is 0 Å². The number of pyridine rings is 1. The van der Waals surface area contributed by atoms with Crippen LogP contribution in [0.1, 0.15) is 62.2 Å². The maximum atomic E-state index is 12.5. The predicted molar refractivity (Wildman–Crippen MR) is 98.5 cm³/mol. The number of carbonyl (C=O) groups excluding carboxylic acids is 2. The lowest BCUT2D eigenvalue weighted by atomic mass is 9.53. The average molecular weight is 354 g/mol. The zero-order valence-electron chi connectivity index (χ0n) is 15.2. The van der Waals surface area contributed by atoms with Crippen LogP contribution in [-0.4, -0.2) is 28.0 Å². The molecule has 5 rings (SSSR count). The van der Waals surface area contributed by atoms with Crippen LogP contribution < -0.4 is 10.7 Å². The number of hydrogen-bond donors (Lipinski definition) is 2. The highest BCUT2D eigenvalue weighted by molar-refractivity contribution is 6.01. The number of hydrazone groups is 1. The second kappa shape index (κ2) is 6.82. The molecule has 6 nitrogen and oxygen atoms in total. The summed E-state index contributed by atoms with van der Waals surface area (Å²) in [5.74, 6) is 2.13. The summed E-state index contributed by atoms with van der Waals surface area (Å²) >= 11 is 0. The van der Waals surface area contributed by atoms with Gasteiger partial charge in [0.1, 0.15) is 0 Å². The van der Waals surface area contributed by atoms with E-state index in [1.807, 2.05) is 0 Å². The Morgan fingerprint density at radius 1 is 1.12 bits per heavy atom. The van der Waals surface area contributed by atoms with Gasteiger partial charge in [0.2, 0.25) is 5.91 Å². The molecule has 0 atom stereocenters. The van der Waals surface area contributed by atoms with Gasteiger partial charge in [0, 0.05) is 29.2 Å². The Balaban J connectivity index is 1.31. The number of nitrogens with one attached hydrogen (secondary N) is 2. The van der Waals surface area contributed by atoms with E-state index in [-0.39, 0.29) is 23.8 Å². The van der Waals surface area contributed by atoms with Crippen molar-refractivity contribution in [3.05, 3.63) is 30.1 Å². The van der Waals surface area contributed by atoms with Crippen LogP contribution in [0, 0.1) is 17.8 Å². The Morgan fingerprint density at radius 3 is 2.27 bits per heavy atom. The van der Waals surface area contributed by atoms with E-state index in [1.165, 1.54) is 19.3 Å². The first-order valence-corrected chi connectivity index (χ1v) is 9.56. The van der Waals surface area contributed by atoms with Crippen molar-refractivity contribution >= 4 is 17.5 Å². The molecule has 0 saturated heterocycles. The summed E-state index contributed by atoms with van der Waals surface area (Å²) in [7, 11) is 0. The van der Waals surface area contributed by atoms with E-state index in [2.05, 4.69) is 20.8 Å². The predicted octanol–water partition coefficient (Wildman–Crippen LogP) is 2.66. The summed E-state index contributed by atoms with van der Waals surface area (Å²) in [6.45, 7) is 1.77. The van der Waals surface area contributed by atoms with Gasteiger partial charge in [-0.2, -0.15) is 5.10 Å². The third kappa shape index (κ3) is 3.64. The van der Waals surface area contributed by atoms with Crippen molar-refractivity contribution in [2.45, 2.75) is 57.4 Å². The van der Waals surface area contributed by atoms with Gasteiger partial charge in [0.25, 0.3) is 5.91 Å². The van der Waals surface area contributed by atoms with Gasteiger partial charge >= 0.3 is 0 Å². The molecule has 0 aromatic carbocycles. The van der Waals surface area contributed by atoms with Crippen LogP contribution in [0.15, 0.2) is 29.6 Å². The molecular weight excluding hydrogens is 328 g/mol.